The first-order chi connectivity index (χ1) is 21.5. The van der Waals surface area contributed by atoms with Gasteiger partial charge < -0.3 is 52.5 Å². The predicted octanol–water partition coefficient (Wildman–Crippen LogP) is 3.08. The Balaban J connectivity index is 2.55. The van der Waals surface area contributed by atoms with Crippen LogP contribution in [0.5, 0.6) is 0 Å². The highest BCUT2D eigenvalue weighted by Gasteiger charge is 2.60. The fourth-order valence-electron chi connectivity index (χ4n) is 4.83. The third kappa shape index (κ3) is 11.0. The molecule has 11 nitrogen and oxygen atoms in total. The van der Waals surface area contributed by atoms with Crippen LogP contribution in [0.2, 0.25) is 0 Å². The molecule has 11 heteroatoms. The van der Waals surface area contributed by atoms with Crippen molar-refractivity contribution in [2.45, 2.75) is 54.8 Å². The van der Waals surface area contributed by atoms with E-state index in [-0.39, 0.29) is 66.1 Å². The minimum Gasteiger partial charge on any atom is -0.385 e. The van der Waals surface area contributed by atoms with Gasteiger partial charge in [0.15, 0.2) is 6.29 Å². The van der Waals surface area contributed by atoms with Crippen LogP contribution in [0.4, 0.5) is 0 Å². The van der Waals surface area contributed by atoms with E-state index >= 15 is 0 Å². The summed E-state index contributed by atoms with van der Waals surface area (Å²) in [7, 11) is 0. The Morgan fingerprint density at radius 3 is 1.55 bits per heavy atom. The summed E-state index contributed by atoms with van der Waals surface area (Å²) in [4.78, 5) is 0. The van der Waals surface area contributed by atoms with Crippen LogP contribution in [-0.4, -0.2) is 126 Å². The number of hydrogen-bond donors (Lipinski definition) is 1. The molecule has 9 atom stereocenters. The van der Waals surface area contributed by atoms with Gasteiger partial charge in [-0.05, 0) is 0 Å². The third-order valence-electron chi connectivity index (χ3n) is 6.59. The number of hydrogen-bond acceptors (Lipinski definition) is 11. The van der Waals surface area contributed by atoms with Crippen LogP contribution < -0.4 is 0 Å². The fraction of sp³-hybridized carbons (Fsp3) is 0.576. The van der Waals surface area contributed by atoms with Gasteiger partial charge in [-0.15, -0.1) is 46.1 Å². The molecule has 0 aromatic heterocycles. The third-order valence-corrected chi connectivity index (χ3v) is 6.59. The van der Waals surface area contributed by atoms with Gasteiger partial charge >= 0.3 is 0 Å². The zero-order valence-electron chi connectivity index (χ0n) is 25.7. The van der Waals surface area contributed by atoms with Gasteiger partial charge in [0.1, 0.15) is 49.3 Å². The molecular formula is C33H50O11. The van der Waals surface area contributed by atoms with Gasteiger partial charge in [-0.2, -0.15) is 0 Å². The molecule has 0 amide bonds. The van der Waals surface area contributed by atoms with Crippen LogP contribution in [0.1, 0.15) is 0 Å². The smallest absolute Gasteiger partial charge is 0.224 e. The second-order valence-electron chi connectivity index (χ2n) is 9.88. The van der Waals surface area contributed by atoms with Gasteiger partial charge in [-0.3, -0.25) is 0 Å². The first kappa shape index (κ1) is 37.9. The Bertz CT molecular complexity index is 895. The van der Waals surface area contributed by atoms with Gasteiger partial charge in [0.05, 0.1) is 59.5 Å². The quantitative estimate of drug-likeness (QED) is 0.113. The van der Waals surface area contributed by atoms with Gasteiger partial charge in [0.2, 0.25) is 5.79 Å². The Labute approximate surface area is 262 Å². The first-order valence-corrected chi connectivity index (χ1v) is 14.6. The van der Waals surface area contributed by atoms with Crippen molar-refractivity contribution in [2.24, 2.45) is 0 Å². The molecule has 2 fully saturated rings. The lowest BCUT2D eigenvalue weighted by atomic mass is 9.97. The first-order valence-electron chi connectivity index (χ1n) is 14.6. The molecule has 0 aromatic carbocycles. The van der Waals surface area contributed by atoms with Crippen LogP contribution in [0.3, 0.4) is 0 Å². The van der Waals surface area contributed by atoms with Crippen LogP contribution >= 0.6 is 0 Å². The van der Waals surface area contributed by atoms with Crippen molar-refractivity contribution in [1.82, 2.24) is 0 Å². The standard InChI is InChI=1S/C33H50O11/c1-8-15-35-22-25-27(38-18-11-4)29(40-20-13-6)30(41-21-14-7)32(42-25)44-33(24-37-17-10-3)31(34)28(39-19-12-5)26(43-33)23-36-16-9-2/h8-14,25-32,34H,1-7,15-24H2/t25-,26-,27-,28-,29+,30-,31+,32-,33+/m1/s1. The summed E-state index contributed by atoms with van der Waals surface area (Å²) in [5, 5.41) is 11.7. The lowest BCUT2D eigenvalue weighted by molar-refractivity contribution is -0.392. The summed E-state index contributed by atoms with van der Waals surface area (Å²) in [5.41, 5.74) is 0. The zero-order chi connectivity index (χ0) is 32.2. The Kier molecular flexibility index (Phi) is 18.5. The molecule has 0 aromatic rings. The van der Waals surface area contributed by atoms with E-state index < -0.39 is 54.8 Å². The van der Waals surface area contributed by atoms with Crippen LogP contribution in [0, 0.1) is 0 Å². The largest absolute Gasteiger partial charge is 0.385 e. The number of aliphatic hydroxyl groups excluding tert-OH is 1. The summed E-state index contributed by atoms with van der Waals surface area (Å²) >= 11 is 0. The Morgan fingerprint density at radius 1 is 0.545 bits per heavy atom. The maximum Gasteiger partial charge on any atom is 0.224 e. The minimum absolute atomic E-state index is 0.0833. The SMILES string of the molecule is C=CCOC[C@H]1O[C@@](COCC=C)(O[C@H]2O[C@H](COCC=C)[C@@H](OCC=C)[C@H](OCC=C)[C@H]2OCC=C)[C@@H](O)[C@@H]1OCC=C. The Hall–Kier alpha value is -2.26. The van der Waals surface area contributed by atoms with Gasteiger partial charge in [-0.1, -0.05) is 42.5 Å². The van der Waals surface area contributed by atoms with Crippen molar-refractivity contribution in [2.75, 3.05) is 66.1 Å². The van der Waals surface area contributed by atoms with Gasteiger partial charge in [-0.25, -0.2) is 0 Å². The second-order valence-corrected chi connectivity index (χ2v) is 9.88. The highest BCUT2D eigenvalue weighted by atomic mass is 16.8. The molecular weight excluding hydrogens is 572 g/mol. The fourth-order valence-corrected chi connectivity index (χ4v) is 4.83. The van der Waals surface area contributed by atoms with Crippen molar-refractivity contribution >= 4 is 0 Å². The van der Waals surface area contributed by atoms with Crippen molar-refractivity contribution in [1.29, 1.82) is 0 Å². The molecule has 0 unspecified atom stereocenters. The molecule has 44 heavy (non-hydrogen) atoms. The van der Waals surface area contributed by atoms with E-state index in [1.54, 1.807) is 42.5 Å². The molecule has 248 valence electrons. The topological polar surface area (TPSA) is 113 Å². The molecule has 0 spiro atoms. The van der Waals surface area contributed by atoms with E-state index in [1.807, 2.05) is 0 Å². The zero-order valence-corrected chi connectivity index (χ0v) is 25.7. The van der Waals surface area contributed by atoms with E-state index in [9.17, 15) is 5.11 Å². The summed E-state index contributed by atoms with van der Waals surface area (Å²) in [6, 6.07) is 0. The summed E-state index contributed by atoms with van der Waals surface area (Å²) < 4.78 is 61.2. The molecule has 2 rings (SSSR count). The normalized spacial score (nSPS) is 31.7. The molecule has 0 bridgehead atoms. The highest BCUT2D eigenvalue weighted by Crippen LogP contribution is 2.39. The molecule has 0 saturated carbocycles. The van der Waals surface area contributed by atoms with Crippen molar-refractivity contribution < 1.29 is 52.5 Å². The molecule has 1 N–H and O–H groups in total. The van der Waals surface area contributed by atoms with Gasteiger partial charge in [0.25, 0.3) is 0 Å². The second kappa shape index (κ2) is 21.5. The average Bonchev–Trinajstić information content (AvgIpc) is 3.27. The van der Waals surface area contributed by atoms with Crippen molar-refractivity contribution in [3.8, 4) is 0 Å². The Morgan fingerprint density at radius 2 is 1.00 bits per heavy atom. The van der Waals surface area contributed by atoms with Crippen LogP contribution in [0.15, 0.2) is 88.6 Å². The molecule has 2 aliphatic rings. The van der Waals surface area contributed by atoms with Crippen molar-refractivity contribution in [3.05, 3.63) is 88.6 Å². The predicted molar refractivity (Wildman–Crippen MR) is 166 cm³/mol. The summed E-state index contributed by atoms with van der Waals surface area (Å²) in [6.45, 7) is 27.6. The summed E-state index contributed by atoms with van der Waals surface area (Å²) in [5.74, 6) is -1.78. The molecule has 0 radical (unpaired) electrons. The van der Waals surface area contributed by atoms with E-state index in [1.165, 1.54) is 0 Å². The minimum atomic E-state index is -1.78. The maximum atomic E-state index is 11.7. The number of ether oxygens (including phenoxy) is 10. The highest BCUT2D eigenvalue weighted by molar-refractivity contribution is 5.01. The number of aliphatic hydroxyl groups is 1. The molecule has 2 heterocycles. The van der Waals surface area contributed by atoms with E-state index in [0.717, 1.165) is 0 Å². The lowest BCUT2D eigenvalue weighted by Crippen LogP contribution is -2.65. The molecule has 2 saturated heterocycles. The van der Waals surface area contributed by atoms with Crippen LogP contribution in [-0.2, 0) is 47.4 Å². The lowest BCUT2D eigenvalue weighted by Gasteiger charge is -2.47. The van der Waals surface area contributed by atoms with Crippen LogP contribution in [0.25, 0.3) is 0 Å². The van der Waals surface area contributed by atoms with Gasteiger partial charge in [0, 0.05) is 0 Å². The molecule has 2 aliphatic heterocycles. The number of rotatable bonds is 26. The van der Waals surface area contributed by atoms with E-state index in [0.29, 0.717) is 0 Å². The van der Waals surface area contributed by atoms with E-state index in [2.05, 4.69) is 46.1 Å². The average molecular weight is 623 g/mol. The van der Waals surface area contributed by atoms with E-state index in [4.69, 9.17) is 47.4 Å². The van der Waals surface area contributed by atoms with Crippen molar-refractivity contribution in [3.63, 3.8) is 0 Å². The maximum absolute atomic E-state index is 11.7. The summed E-state index contributed by atoms with van der Waals surface area (Å²) in [6.07, 6.45) is 4.17. The molecule has 0 aliphatic carbocycles. The monoisotopic (exact) mass is 622 g/mol.